The van der Waals surface area contributed by atoms with E-state index in [0.29, 0.717) is 28.5 Å². The predicted octanol–water partition coefficient (Wildman–Crippen LogP) is 5.67. The Kier molecular flexibility index (Phi) is 7.81. The first-order valence-electron chi connectivity index (χ1n) is 13.8. The lowest BCUT2D eigenvalue weighted by atomic mass is 9.83. The van der Waals surface area contributed by atoms with Gasteiger partial charge in [0.05, 0.1) is 24.8 Å². The van der Waals surface area contributed by atoms with Gasteiger partial charge in [-0.25, -0.2) is 4.39 Å². The summed E-state index contributed by atoms with van der Waals surface area (Å²) >= 11 is 0. The smallest absolute Gasteiger partial charge is 0.256 e. The van der Waals surface area contributed by atoms with E-state index in [0.717, 1.165) is 41.5 Å². The highest BCUT2D eigenvalue weighted by molar-refractivity contribution is 6.08. The van der Waals surface area contributed by atoms with Crippen molar-refractivity contribution in [2.75, 3.05) is 20.7 Å². The normalized spacial score (nSPS) is 18.6. The number of fused-ring (bicyclic) bond motifs is 1. The van der Waals surface area contributed by atoms with Crippen molar-refractivity contribution in [3.05, 3.63) is 98.8 Å². The maximum absolute atomic E-state index is 13.6. The number of ether oxygens (including phenoxy) is 1. The molecule has 40 heavy (non-hydrogen) atoms. The Hall–Kier alpha value is -3.91. The Morgan fingerprint density at radius 1 is 1.18 bits per heavy atom. The van der Waals surface area contributed by atoms with Crippen LogP contribution < -0.4 is 15.6 Å². The predicted molar refractivity (Wildman–Crippen MR) is 155 cm³/mol. The largest absolute Gasteiger partial charge is 0.496 e. The molecule has 0 radical (unpaired) electrons. The zero-order chi connectivity index (χ0) is 28.6. The molecule has 0 bridgehead atoms. The van der Waals surface area contributed by atoms with Crippen LogP contribution in [0, 0.1) is 25.6 Å². The molecule has 2 N–H and O–H groups in total. The second-order valence-electron chi connectivity index (χ2n) is 10.9. The van der Waals surface area contributed by atoms with Crippen LogP contribution in [0.15, 0.2) is 59.4 Å². The van der Waals surface area contributed by atoms with Crippen LogP contribution in [-0.2, 0) is 6.54 Å². The number of likely N-dealkylation sites (tertiary alicyclic amines) is 1. The minimum Gasteiger partial charge on any atom is -0.496 e. The third-order valence-corrected chi connectivity index (χ3v) is 8.51. The fraction of sp³-hybridized carbons (Fsp3) is 0.375. The van der Waals surface area contributed by atoms with E-state index < -0.39 is 0 Å². The highest BCUT2D eigenvalue weighted by atomic mass is 19.1. The first kappa shape index (κ1) is 27.6. The summed E-state index contributed by atoms with van der Waals surface area (Å²) in [5.41, 5.74) is 4.45. The summed E-state index contributed by atoms with van der Waals surface area (Å²) in [5.74, 6) is 0.367. The number of hydrogen-bond donors (Lipinski definition) is 2. The Labute approximate surface area is 234 Å². The van der Waals surface area contributed by atoms with Crippen LogP contribution in [0.5, 0.6) is 5.75 Å². The van der Waals surface area contributed by atoms with Crippen molar-refractivity contribution in [1.82, 2.24) is 19.8 Å². The number of para-hydroxylation sites is 1. The molecule has 1 saturated heterocycles. The molecule has 7 nitrogen and oxygen atoms in total. The summed E-state index contributed by atoms with van der Waals surface area (Å²) in [5, 5.41) is 3.85. The van der Waals surface area contributed by atoms with E-state index in [9.17, 15) is 14.0 Å². The van der Waals surface area contributed by atoms with E-state index in [1.54, 1.807) is 13.0 Å². The van der Waals surface area contributed by atoms with Crippen LogP contribution in [0.1, 0.15) is 64.7 Å². The van der Waals surface area contributed by atoms with Gasteiger partial charge < -0.3 is 19.6 Å². The number of rotatable bonds is 7. The van der Waals surface area contributed by atoms with Crippen LogP contribution in [0.25, 0.3) is 10.9 Å². The number of amides is 1. The van der Waals surface area contributed by atoms with Gasteiger partial charge in [-0.2, -0.15) is 0 Å². The van der Waals surface area contributed by atoms with Gasteiger partial charge in [-0.15, -0.1) is 0 Å². The number of carbonyl (C=O) groups is 1. The molecule has 0 spiro atoms. The van der Waals surface area contributed by atoms with Crippen molar-refractivity contribution < 1.29 is 13.9 Å². The second-order valence-corrected chi connectivity index (χ2v) is 10.9. The van der Waals surface area contributed by atoms with Crippen LogP contribution in [0.2, 0.25) is 0 Å². The molecule has 4 aromatic rings. The number of carbonyl (C=O) groups excluding carboxylic acids is 1. The number of pyridine rings is 1. The molecule has 210 valence electrons. The molecule has 1 amide bonds. The van der Waals surface area contributed by atoms with Crippen molar-refractivity contribution in [2.45, 2.75) is 52.2 Å². The molecule has 1 aliphatic heterocycles. The number of nitrogens with zero attached hydrogens (tertiary/aromatic N) is 2. The quantitative estimate of drug-likeness (QED) is 0.314. The first-order chi connectivity index (χ1) is 19.2. The van der Waals surface area contributed by atoms with E-state index in [1.165, 1.54) is 19.2 Å². The summed E-state index contributed by atoms with van der Waals surface area (Å²) in [6.07, 6.45) is 1.96. The lowest BCUT2D eigenvalue weighted by molar-refractivity contribution is 0.0950. The van der Waals surface area contributed by atoms with Gasteiger partial charge in [-0.3, -0.25) is 14.5 Å². The lowest BCUT2D eigenvalue weighted by Gasteiger charge is -2.40. The minimum absolute atomic E-state index is 0.0560. The van der Waals surface area contributed by atoms with Crippen molar-refractivity contribution >= 4 is 16.8 Å². The summed E-state index contributed by atoms with van der Waals surface area (Å²) < 4.78 is 21.3. The topological polar surface area (TPSA) is 79.4 Å². The Morgan fingerprint density at radius 3 is 2.62 bits per heavy atom. The van der Waals surface area contributed by atoms with Crippen molar-refractivity contribution in [1.29, 1.82) is 0 Å². The van der Waals surface area contributed by atoms with Gasteiger partial charge in [-0.05, 0) is 83.0 Å². The molecular formula is C32H37FN4O3. The van der Waals surface area contributed by atoms with Crippen LogP contribution in [0.3, 0.4) is 0 Å². The molecule has 0 aliphatic carbocycles. The molecule has 8 heteroatoms. The maximum atomic E-state index is 13.6. The molecule has 3 unspecified atom stereocenters. The minimum atomic E-state index is -0.275. The van der Waals surface area contributed by atoms with Gasteiger partial charge in [-0.1, -0.05) is 30.3 Å². The van der Waals surface area contributed by atoms with Crippen LogP contribution in [-0.4, -0.2) is 41.1 Å². The number of aryl methyl sites for hydroxylation is 1. The Morgan fingerprint density at radius 2 is 1.90 bits per heavy atom. The second kappa shape index (κ2) is 11.3. The van der Waals surface area contributed by atoms with E-state index in [2.05, 4.69) is 39.8 Å². The average molecular weight is 545 g/mol. The van der Waals surface area contributed by atoms with Gasteiger partial charge in [0.1, 0.15) is 11.6 Å². The maximum Gasteiger partial charge on any atom is 0.256 e. The molecule has 3 heterocycles. The molecule has 0 saturated carbocycles. The highest BCUT2D eigenvalue weighted by Gasteiger charge is 2.33. The third-order valence-electron chi connectivity index (χ3n) is 8.51. The lowest BCUT2D eigenvalue weighted by Crippen LogP contribution is -2.36. The van der Waals surface area contributed by atoms with Crippen LogP contribution in [0.4, 0.5) is 4.39 Å². The van der Waals surface area contributed by atoms with Gasteiger partial charge >= 0.3 is 0 Å². The molecule has 5 rings (SSSR count). The standard InChI is InChI=1S/C32H37FN4O3/c1-19-16-29(40-5)26(31(38)35-19)18-34-32(39)30-21(3)37(27-9-7-6-8-25(27)30)20(2)23-14-15-36(4)28(17-23)22-10-12-24(33)13-11-22/h6-13,16,20,23,28H,14-15,17-18H2,1-5H3,(H,34,39)(H,35,38). The number of H-pyrrole nitrogens is 1. The van der Waals surface area contributed by atoms with Gasteiger partial charge in [0.15, 0.2) is 0 Å². The summed E-state index contributed by atoms with van der Waals surface area (Å²) in [6, 6.07) is 16.9. The van der Waals surface area contributed by atoms with E-state index >= 15 is 0 Å². The third kappa shape index (κ3) is 5.16. The number of nitrogens with one attached hydrogen (secondary N) is 2. The molecule has 2 aromatic carbocycles. The highest BCUT2D eigenvalue weighted by Crippen LogP contribution is 2.41. The molecular weight excluding hydrogens is 507 g/mol. The zero-order valence-electron chi connectivity index (χ0n) is 23.8. The number of halogens is 1. The van der Waals surface area contributed by atoms with Crippen molar-refractivity contribution in [3.63, 3.8) is 0 Å². The summed E-state index contributed by atoms with van der Waals surface area (Å²) in [6.45, 7) is 7.01. The van der Waals surface area contributed by atoms with Gasteiger partial charge in [0, 0.05) is 34.4 Å². The molecule has 2 aromatic heterocycles. The number of hydrogen-bond acceptors (Lipinski definition) is 4. The Bertz CT molecular complexity index is 1590. The van der Waals surface area contributed by atoms with E-state index in [-0.39, 0.29) is 35.9 Å². The molecule has 1 aliphatic rings. The summed E-state index contributed by atoms with van der Waals surface area (Å²) in [7, 11) is 3.64. The molecule has 3 atom stereocenters. The fourth-order valence-corrected chi connectivity index (χ4v) is 6.33. The van der Waals surface area contributed by atoms with Gasteiger partial charge in [0.2, 0.25) is 0 Å². The number of aromatic nitrogens is 2. The molecule has 1 fully saturated rings. The number of piperidine rings is 1. The van der Waals surface area contributed by atoms with Crippen molar-refractivity contribution in [2.24, 2.45) is 5.92 Å². The number of methoxy groups -OCH3 is 1. The Balaban J connectivity index is 1.44. The number of benzene rings is 2. The van der Waals surface area contributed by atoms with E-state index in [1.807, 2.05) is 37.3 Å². The zero-order valence-corrected chi connectivity index (χ0v) is 23.8. The average Bonchev–Trinajstić information content (AvgIpc) is 3.24. The van der Waals surface area contributed by atoms with Gasteiger partial charge in [0.25, 0.3) is 11.5 Å². The van der Waals surface area contributed by atoms with Crippen LogP contribution >= 0.6 is 0 Å². The van der Waals surface area contributed by atoms with E-state index in [4.69, 9.17) is 4.74 Å². The summed E-state index contributed by atoms with van der Waals surface area (Å²) in [4.78, 5) is 31.3. The van der Waals surface area contributed by atoms with Crippen molar-refractivity contribution in [3.8, 4) is 5.75 Å². The number of aromatic amines is 1. The first-order valence-corrected chi connectivity index (χ1v) is 13.8. The SMILES string of the molecule is COc1cc(C)[nH]c(=O)c1CNC(=O)c1c(C)n(C(C)C2CCN(C)C(c3ccc(F)cc3)C2)c2ccccc12. The monoisotopic (exact) mass is 544 g/mol. The fourth-order valence-electron chi connectivity index (χ4n) is 6.33.